The van der Waals surface area contributed by atoms with Gasteiger partial charge in [-0.1, -0.05) is 29.8 Å². The number of ether oxygens (including phenoxy) is 4. The lowest BCUT2D eigenvalue weighted by Gasteiger charge is -2.12. The highest BCUT2D eigenvalue weighted by Crippen LogP contribution is 2.36. The molecule has 0 aliphatic rings. The number of allylic oxidation sites excluding steroid dienone is 1. The van der Waals surface area contributed by atoms with Crippen LogP contribution in [0, 0.1) is 0 Å². The average molecular weight is 419 g/mol. The molecule has 0 N–H and O–H groups in total. The van der Waals surface area contributed by atoms with Gasteiger partial charge in [0.2, 0.25) is 0 Å². The van der Waals surface area contributed by atoms with E-state index >= 15 is 0 Å². The van der Waals surface area contributed by atoms with Crippen LogP contribution in [0.5, 0.6) is 17.2 Å². The first-order valence-corrected chi connectivity index (χ1v) is 9.48. The van der Waals surface area contributed by atoms with E-state index in [-0.39, 0.29) is 19.0 Å². The molecule has 0 bridgehead atoms. The third kappa shape index (κ3) is 6.26. The number of ketones is 1. The fourth-order valence-corrected chi connectivity index (χ4v) is 2.84. The lowest BCUT2D eigenvalue weighted by atomic mass is 10.1. The topological polar surface area (TPSA) is 71.1 Å². The molecule has 0 aliphatic carbocycles. The van der Waals surface area contributed by atoms with E-state index in [0.717, 1.165) is 0 Å². The fourth-order valence-electron chi connectivity index (χ4n) is 2.54. The Balaban J connectivity index is 2.20. The van der Waals surface area contributed by atoms with Gasteiger partial charge in [0, 0.05) is 0 Å². The molecule has 2 aromatic rings. The lowest BCUT2D eigenvalue weighted by molar-refractivity contribution is -0.145. The minimum Gasteiger partial charge on any atom is -0.491 e. The van der Waals surface area contributed by atoms with E-state index in [2.05, 4.69) is 0 Å². The normalized spacial score (nSPS) is 10.6. The molecule has 0 saturated carbocycles. The summed E-state index contributed by atoms with van der Waals surface area (Å²) < 4.78 is 21.1. The van der Waals surface area contributed by atoms with Crippen molar-refractivity contribution in [1.82, 2.24) is 0 Å². The number of hydrogen-bond donors (Lipinski definition) is 0. The van der Waals surface area contributed by atoms with Gasteiger partial charge in [-0.05, 0) is 49.8 Å². The van der Waals surface area contributed by atoms with E-state index in [1.54, 1.807) is 49.4 Å². The third-order valence-electron chi connectivity index (χ3n) is 3.77. The number of carbonyl (C=O) groups is 2. The molecule has 2 aromatic carbocycles. The first-order valence-electron chi connectivity index (χ1n) is 9.10. The SMILES string of the molecule is CCOC(=O)COc1ccccc1C(=O)/C=C/c1cc(Cl)c(OC)c(OCC)c1. The van der Waals surface area contributed by atoms with Gasteiger partial charge in [-0.25, -0.2) is 4.79 Å². The highest BCUT2D eigenvalue weighted by molar-refractivity contribution is 6.32. The zero-order chi connectivity index (χ0) is 21.2. The molecule has 0 atom stereocenters. The Kier molecular flexibility index (Phi) is 8.55. The number of esters is 1. The van der Waals surface area contributed by atoms with Crippen LogP contribution in [0.1, 0.15) is 29.8 Å². The third-order valence-corrected chi connectivity index (χ3v) is 4.05. The van der Waals surface area contributed by atoms with Gasteiger partial charge in [0.05, 0.1) is 30.9 Å². The summed E-state index contributed by atoms with van der Waals surface area (Å²) in [5.41, 5.74) is 1.01. The Morgan fingerprint density at radius 2 is 1.79 bits per heavy atom. The van der Waals surface area contributed by atoms with Crippen molar-refractivity contribution in [1.29, 1.82) is 0 Å². The van der Waals surface area contributed by atoms with Crippen molar-refractivity contribution >= 4 is 29.4 Å². The van der Waals surface area contributed by atoms with Gasteiger partial charge in [0.1, 0.15) is 5.75 Å². The van der Waals surface area contributed by atoms with Crippen molar-refractivity contribution in [3.63, 3.8) is 0 Å². The summed E-state index contributed by atoms with van der Waals surface area (Å²) >= 11 is 6.24. The Labute approximate surface area is 175 Å². The van der Waals surface area contributed by atoms with Gasteiger partial charge in [-0.3, -0.25) is 4.79 Å². The fraction of sp³-hybridized carbons (Fsp3) is 0.273. The number of benzene rings is 2. The van der Waals surface area contributed by atoms with E-state index in [0.29, 0.717) is 40.0 Å². The van der Waals surface area contributed by atoms with Crippen LogP contribution in [0.4, 0.5) is 0 Å². The van der Waals surface area contributed by atoms with Gasteiger partial charge in [0.25, 0.3) is 0 Å². The lowest BCUT2D eigenvalue weighted by Crippen LogP contribution is -2.15. The van der Waals surface area contributed by atoms with Crippen LogP contribution >= 0.6 is 11.6 Å². The van der Waals surface area contributed by atoms with Crippen molar-refractivity contribution < 1.29 is 28.5 Å². The second-order valence-corrected chi connectivity index (χ2v) is 6.16. The Morgan fingerprint density at radius 3 is 2.48 bits per heavy atom. The molecule has 0 aromatic heterocycles. The molecule has 0 saturated heterocycles. The molecule has 0 heterocycles. The molecule has 29 heavy (non-hydrogen) atoms. The molecule has 0 spiro atoms. The predicted octanol–water partition coefficient (Wildman–Crippen LogP) is 4.59. The van der Waals surface area contributed by atoms with Crippen LogP contribution in [0.3, 0.4) is 0 Å². The zero-order valence-corrected chi connectivity index (χ0v) is 17.3. The summed E-state index contributed by atoms with van der Waals surface area (Å²) in [6.45, 7) is 4.01. The highest BCUT2D eigenvalue weighted by atomic mass is 35.5. The van der Waals surface area contributed by atoms with Crippen molar-refractivity contribution in [3.8, 4) is 17.2 Å². The number of carbonyl (C=O) groups excluding carboxylic acids is 2. The largest absolute Gasteiger partial charge is 0.491 e. The second-order valence-electron chi connectivity index (χ2n) is 5.75. The number of para-hydroxylation sites is 1. The molecule has 0 amide bonds. The summed E-state index contributed by atoms with van der Waals surface area (Å²) in [6, 6.07) is 10.1. The standard InChI is InChI=1S/C22H23ClO6/c1-4-27-20-13-15(12-17(23)22(20)26-3)10-11-18(24)16-8-6-7-9-19(16)29-14-21(25)28-5-2/h6-13H,4-5,14H2,1-3H3/b11-10+. The van der Waals surface area contributed by atoms with Crippen LogP contribution in [0.25, 0.3) is 6.08 Å². The van der Waals surface area contributed by atoms with Gasteiger partial charge in [-0.15, -0.1) is 0 Å². The quantitative estimate of drug-likeness (QED) is 0.319. The number of rotatable bonds is 10. The van der Waals surface area contributed by atoms with Crippen LogP contribution in [-0.2, 0) is 9.53 Å². The maximum absolute atomic E-state index is 12.7. The number of halogens is 1. The molecular weight excluding hydrogens is 396 g/mol. The first kappa shape index (κ1) is 22.3. The molecule has 2 rings (SSSR count). The van der Waals surface area contributed by atoms with Gasteiger partial charge in [0.15, 0.2) is 23.9 Å². The van der Waals surface area contributed by atoms with Crippen LogP contribution < -0.4 is 14.2 Å². The Morgan fingerprint density at radius 1 is 1.03 bits per heavy atom. The van der Waals surface area contributed by atoms with Crippen LogP contribution in [0.2, 0.25) is 5.02 Å². The second kappa shape index (κ2) is 11.1. The smallest absolute Gasteiger partial charge is 0.344 e. The van der Waals surface area contributed by atoms with E-state index in [1.165, 1.54) is 13.2 Å². The van der Waals surface area contributed by atoms with Crippen LogP contribution in [0.15, 0.2) is 42.5 Å². The van der Waals surface area contributed by atoms with Crippen molar-refractivity contribution in [2.45, 2.75) is 13.8 Å². The number of hydrogen-bond acceptors (Lipinski definition) is 6. The monoisotopic (exact) mass is 418 g/mol. The van der Waals surface area contributed by atoms with Crippen molar-refractivity contribution in [2.75, 3.05) is 26.9 Å². The van der Waals surface area contributed by atoms with Crippen molar-refractivity contribution in [3.05, 3.63) is 58.6 Å². The molecule has 154 valence electrons. The Hall–Kier alpha value is -2.99. The van der Waals surface area contributed by atoms with E-state index in [1.807, 2.05) is 6.92 Å². The van der Waals surface area contributed by atoms with Crippen molar-refractivity contribution in [2.24, 2.45) is 0 Å². The minimum absolute atomic E-state index is 0.264. The summed E-state index contributed by atoms with van der Waals surface area (Å²) in [7, 11) is 1.51. The van der Waals surface area contributed by atoms with E-state index in [4.69, 9.17) is 30.5 Å². The molecule has 0 fully saturated rings. The Bertz CT molecular complexity index is 891. The molecule has 6 nitrogen and oxygen atoms in total. The van der Waals surface area contributed by atoms with Gasteiger partial charge in [-0.2, -0.15) is 0 Å². The molecular formula is C22H23ClO6. The molecule has 7 heteroatoms. The summed E-state index contributed by atoms with van der Waals surface area (Å²) in [5, 5.41) is 0.378. The van der Waals surface area contributed by atoms with Gasteiger partial charge >= 0.3 is 5.97 Å². The zero-order valence-electron chi connectivity index (χ0n) is 16.6. The first-order chi connectivity index (χ1) is 14.0. The van der Waals surface area contributed by atoms with E-state index in [9.17, 15) is 9.59 Å². The molecule has 0 radical (unpaired) electrons. The summed E-state index contributed by atoms with van der Waals surface area (Å²) in [6.07, 6.45) is 3.03. The number of methoxy groups -OCH3 is 1. The highest BCUT2D eigenvalue weighted by Gasteiger charge is 2.13. The maximum Gasteiger partial charge on any atom is 0.344 e. The predicted molar refractivity (Wildman–Crippen MR) is 111 cm³/mol. The summed E-state index contributed by atoms with van der Waals surface area (Å²) in [4.78, 5) is 24.2. The maximum atomic E-state index is 12.7. The van der Waals surface area contributed by atoms with E-state index < -0.39 is 5.97 Å². The van der Waals surface area contributed by atoms with Gasteiger partial charge < -0.3 is 18.9 Å². The minimum atomic E-state index is -0.498. The summed E-state index contributed by atoms with van der Waals surface area (Å²) in [5.74, 6) is 0.455. The molecule has 0 unspecified atom stereocenters. The van der Waals surface area contributed by atoms with Crippen LogP contribution in [-0.4, -0.2) is 38.7 Å². The average Bonchev–Trinajstić information content (AvgIpc) is 2.71. The molecule has 0 aliphatic heterocycles.